The molecule has 0 saturated carbocycles. The van der Waals surface area contributed by atoms with E-state index in [-0.39, 0.29) is 50.8 Å². The van der Waals surface area contributed by atoms with E-state index in [4.69, 9.17) is 25.1 Å². The second-order valence-corrected chi connectivity index (χ2v) is 10.7. The van der Waals surface area contributed by atoms with Gasteiger partial charge in [0.25, 0.3) is 5.91 Å². The number of nitrogens with two attached hydrogens (primary N) is 1. The predicted octanol–water partition coefficient (Wildman–Crippen LogP) is 1.92. The van der Waals surface area contributed by atoms with E-state index in [2.05, 4.69) is 20.6 Å². The van der Waals surface area contributed by atoms with Gasteiger partial charge in [-0.1, -0.05) is 12.1 Å². The van der Waals surface area contributed by atoms with Gasteiger partial charge < -0.3 is 40.2 Å². The maximum atomic E-state index is 13.3. The summed E-state index contributed by atoms with van der Waals surface area (Å²) in [6.45, 7) is 2.19. The van der Waals surface area contributed by atoms with Gasteiger partial charge in [0.05, 0.1) is 74.9 Å². The molecule has 0 radical (unpaired) electrons. The van der Waals surface area contributed by atoms with Gasteiger partial charge >= 0.3 is 5.97 Å². The zero-order valence-electron chi connectivity index (χ0n) is 23.2. The number of carboxylic acids is 1. The molecule has 2 aromatic carbocycles. The molecule has 1 atom stereocenters. The third-order valence-electron chi connectivity index (χ3n) is 6.22. The summed E-state index contributed by atoms with van der Waals surface area (Å²) < 4.78 is 32.1. The fourth-order valence-electron chi connectivity index (χ4n) is 4.15. The third kappa shape index (κ3) is 8.38. The summed E-state index contributed by atoms with van der Waals surface area (Å²) in [5, 5.41) is 15.1. The van der Waals surface area contributed by atoms with Crippen molar-refractivity contribution in [2.24, 2.45) is 0 Å². The van der Waals surface area contributed by atoms with Crippen molar-refractivity contribution in [3.05, 3.63) is 59.9 Å². The number of carbonyl (C=O) groups is 2. The Hall–Kier alpha value is -3.79. The minimum atomic E-state index is -1.63. The van der Waals surface area contributed by atoms with Gasteiger partial charge in [0.1, 0.15) is 12.4 Å². The monoisotopic (exact) mass is 598 g/mol. The van der Waals surface area contributed by atoms with Gasteiger partial charge in [-0.2, -0.15) is 0 Å². The quantitative estimate of drug-likeness (QED) is 0.248. The first-order valence-electron chi connectivity index (χ1n) is 13.3. The summed E-state index contributed by atoms with van der Waals surface area (Å²) in [4.78, 5) is 33.6. The Balaban J connectivity index is 1.64. The van der Waals surface area contributed by atoms with E-state index in [1.807, 2.05) is 19.2 Å². The number of anilines is 2. The normalized spacial score (nSPS) is 17.3. The van der Waals surface area contributed by atoms with Gasteiger partial charge in [-0.3, -0.25) is 9.59 Å². The number of ether oxygens (including phenoxy) is 3. The molecule has 2 aliphatic rings. The highest BCUT2D eigenvalue weighted by atomic mass is 32.2. The van der Waals surface area contributed by atoms with E-state index in [1.165, 1.54) is 6.20 Å². The molecule has 5 N–H and O–H groups in total. The lowest BCUT2D eigenvalue weighted by atomic mass is 10.1. The average Bonchev–Trinajstić information content (AvgIpc) is 2.98. The minimum Gasteiger partial charge on any atom is -0.593 e. The Morgan fingerprint density at radius 3 is 2.62 bits per heavy atom. The molecule has 0 fully saturated rings. The van der Waals surface area contributed by atoms with Crippen LogP contribution in [0.2, 0.25) is 0 Å². The Morgan fingerprint density at radius 2 is 1.88 bits per heavy atom. The third-order valence-corrected chi connectivity index (χ3v) is 7.73. The summed E-state index contributed by atoms with van der Waals surface area (Å²) in [5.74, 6) is -1.09. The lowest BCUT2D eigenvalue weighted by Gasteiger charge is -2.23. The number of nitrogens with zero attached hydrogens (tertiary/aromatic N) is 3. The van der Waals surface area contributed by atoms with Crippen molar-refractivity contribution >= 4 is 34.7 Å². The fraction of sp³-hybridized carbons (Fsp3) is 0.357. The smallest absolute Gasteiger partial charge is 0.304 e. The number of carboxylic acid groups (broad SMARTS) is 1. The zero-order valence-corrected chi connectivity index (χ0v) is 24.0. The number of benzene rings is 2. The van der Waals surface area contributed by atoms with Crippen LogP contribution in [0.15, 0.2) is 53.6 Å². The molecule has 3 aromatic rings. The second-order valence-electron chi connectivity index (χ2n) is 9.19. The van der Waals surface area contributed by atoms with Crippen molar-refractivity contribution in [1.29, 1.82) is 0 Å². The highest BCUT2D eigenvalue weighted by Gasteiger charge is 2.24. The number of nitrogens with one attached hydrogen (secondary N) is 2. The Labute approximate surface area is 246 Å². The van der Waals surface area contributed by atoms with Crippen molar-refractivity contribution < 1.29 is 33.5 Å². The molecule has 2 aliphatic heterocycles. The maximum Gasteiger partial charge on any atom is 0.304 e. The van der Waals surface area contributed by atoms with Gasteiger partial charge in [0, 0.05) is 17.7 Å². The van der Waals surface area contributed by atoms with E-state index >= 15 is 0 Å². The van der Waals surface area contributed by atoms with Crippen LogP contribution in [0.5, 0.6) is 5.75 Å². The lowest BCUT2D eigenvalue weighted by molar-refractivity contribution is -0.137. The number of aromatic nitrogens is 2. The van der Waals surface area contributed by atoms with Crippen molar-refractivity contribution in [3.8, 4) is 17.0 Å². The molecule has 42 heavy (non-hydrogen) atoms. The molecule has 0 saturated heterocycles. The van der Waals surface area contributed by atoms with Gasteiger partial charge in [-0.25, -0.2) is 9.97 Å². The van der Waals surface area contributed by atoms with Crippen LogP contribution < -0.4 is 21.1 Å². The summed E-state index contributed by atoms with van der Waals surface area (Å²) in [6.07, 6.45) is 1.28. The SMILES string of the molecule is CNCc1cccc2c1OCCOCCOCCN(CCC(=O)O)[S+]([O-])c1ccc(cc1)-c1cnc(N)c(n1)C(=O)N2. The van der Waals surface area contributed by atoms with Crippen LogP contribution >= 0.6 is 0 Å². The lowest BCUT2D eigenvalue weighted by Crippen LogP contribution is -2.36. The van der Waals surface area contributed by atoms with Gasteiger partial charge in [0.15, 0.2) is 16.4 Å². The number of hydrogen-bond acceptors (Lipinski definition) is 11. The molecule has 13 nitrogen and oxygen atoms in total. The minimum absolute atomic E-state index is 0.0398. The molecule has 3 heterocycles. The summed E-state index contributed by atoms with van der Waals surface area (Å²) in [6, 6.07) is 12.2. The molecule has 1 aromatic heterocycles. The van der Waals surface area contributed by atoms with Gasteiger partial charge in [0.2, 0.25) is 0 Å². The molecular formula is C28H34N6O7S. The van der Waals surface area contributed by atoms with E-state index in [0.717, 1.165) is 5.56 Å². The van der Waals surface area contributed by atoms with Crippen molar-refractivity contribution in [3.63, 3.8) is 0 Å². The average molecular weight is 599 g/mol. The van der Waals surface area contributed by atoms with E-state index in [9.17, 15) is 14.1 Å². The zero-order chi connectivity index (χ0) is 29.9. The van der Waals surface area contributed by atoms with Crippen LogP contribution in [-0.2, 0) is 32.2 Å². The van der Waals surface area contributed by atoms with Crippen LogP contribution in [0.4, 0.5) is 11.5 Å². The number of aliphatic carboxylic acids is 1. The van der Waals surface area contributed by atoms with Gasteiger partial charge in [-0.15, -0.1) is 4.31 Å². The fourth-order valence-corrected chi connectivity index (χ4v) is 5.31. The Kier molecular flexibility index (Phi) is 11.5. The highest BCUT2D eigenvalue weighted by Crippen LogP contribution is 2.30. The first kappa shape index (κ1) is 31.2. The van der Waals surface area contributed by atoms with Crippen LogP contribution in [0.1, 0.15) is 22.5 Å². The first-order chi connectivity index (χ1) is 20.4. The first-order valence-corrected chi connectivity index (χ1v) is 14.5. The summed E-state index contributed by atoms with van der Waals surface area (Å²) >= 11 is -1.63. The largest absolute Gasteiger partial charge is 0.593 e. The number of fused-ring (bicyclic) bond motifs is 13. The van der Waals surface area contributed by atoms with Crippen LogP contribution in [-0.4, -0.2) is 89.0 Å². The van der Waals surface area contributed by atoms with E-state index in [1.54, 1.807) is 34.6 Å². The number of carbonyl (C=O) groups excluding carboxylic acids is 1. The molecule has 0 aliphatic carbocycles. The van der Waals surface area contributed by atoms with E-state index in [0.29, 0.717) is 47.3 Å². The molecule has 0 spiro atoms. The molecule has 14 heteroatoms. The Morgan fingerprint density at radius 1 is 1.14 bits per heavy atom. The number of rotatable bonds is 5. The highest BCUT2D eigenvalue weighted by molar-refractivity contribution is 7.89. The van der Waals surface area contributed by atoms with Crippen LogP contribution in [0, 0.1) is 0 Å². The number of hydrogen-bond donors (Lipinski definition) is 4. The molecular weight excluding hydrogens is 564 g/mol. The van der Waals surface area contributed by atoms with Crippen LogP contribution in [0.3, 0.4) is 0 Å². The summed E-state index contributed by atoms with van der Waals surface area (Å²) in [5.41, 5.74) is 8.29. The van der Waals surface area contributed by atoms with Crippen molar-refractivity contribution in [1.82, 2.24) is 19.6 Å². The number of amides is 1. The number of para-hydroxylation sites is 1. The second kappa shape index (κ2) is 15.4. The van der Waals surface area contributed by atoms with Crippen molar-refractivity contribution in [2.45, 2.75) is 17.9 Å². The Bertz CT molecular complexity index is 1360. The summed E-state index contributed by atoms with van der Waals surface area (Å²) in [7, 11) is 1.81. The molecule has 224 valence electrons. The number of nitrogen functional groups attached to an aromatic ring is 1. The molecule has 4 bridgehead atoms. The maximum absolute atomic E-state index is 13.3. The molecule has 1 unspecified atom stereocenters. The van der Waals surface area contributed by atoms with Crippen molar-refractivity contribution in [2.75, 3.05) is 64.2 Å². The van der Waals surface area contributed by atoms with E-state index < -0.39 is 23.2 Å². The van der Waals surface area contributed by atoms with Gasteiger partial charge in [-0.05, 0) is 37.4 Å². The standard InChI is InChI=1S/C28H34N6O7S/c1-30-17-20-3-2-4-22-26(20)41-16-15-40-14-13-39-12-11-34(10-9-24(35)36)42(38)21-7-5-19(6-8-21)23-18-31-27(29)25(32-23)28(37)33-22/h2-8,18,30H,9-17H2,1H3,(H2,29,31)(H,33,37)(H,35,36). The van der Waals surface area contributed by atoms with Crippen LogP contribution in [0.25, 0.3) is 11.3 Å². The predicted molar refractivity (Wildman–Crippen MR) is 156 cm³/mol. The topological polar surface area (TPSA) is 184 Å². The molecule has 5 rings (SSSR count). The molecule has 1 amide bonds.